The summed E-state index contributed by atoms with van der Waals surface area (Å²) >= 11 is 0. The highest BCUT2D eigenvalue weighted by Crippen LogP contribution is 2.05. The van der Waals surface area contributed by atoms with Crippen LogP contribution >= 0.6 is 0 Å². The van der Waals surface area contributed by atoms with Crippen molar-refractivity contribution >= 4 is 0 Å². The van der Waals surface area contributed by atoms with E-state index in [1.54, 1.807) is 0 Å². The van der Waals surface area contributed by atoms with Gasteiger partial charge in [0.05, 0.1) is 12.2 Å². The minimum atomic E-state index is 0.381. The molecule has 10 heavy (non-hydrogen) atoms. The molecule has 1 atom stereocenters. The summed E-state index contributed by atoms with van der Waals surface area (Å²) in [4.78, 5) is 0. The third-order valence-corrected chi connectivity index (χ3v) is 1.47. The van der Waals surface area contributed by atoms with E-state index in [0.29, 0.717) is 12.2 Å². The normalized spacial score (nSPS) is 14.1. The van der Waals surface area contributed by atoms with Crippen molar-refractivity contribution in [1.29, 1.82) is 0 Å². The summed E-state index contributed by atoms with van der Waals surface area (Å²) in [6.07, 6.45) is 4.58. The fraction of sp³-hybridized carbons (Fsp3) is 1.00. The Morgan fingerprint density at radius 1 is 1.20 bits per heavy atom. The fourth-order valence-corrected chi connectivity index (χ4v) is 1.02. The van der Waals surface area contributed by atoms with Crippen molar-refractivity contribution in [2.24, 2.45) is 0 Å². The summed E-state index contributed by atoms with van der Waals surface area (Å²) in [6, 6.07) is 0. The highest BCUT2D eigenvalue weighted by Gasteiger charge is 2.02. The van der Waals surface area contributed by atoms with Crippen molar-refractivity contribution in [2.45, 2.75) is 59.2 Å². The Morgan fingerprint density at radius 2 is 1.80 bits per heavy atom. The molecule has 1 unspecified atom stereocenters. The largest absolute Gasteiger partial charge is 0.376 e. The quantitative estimate of drug-likeness (QED) is 0.576. The van der Waals surface area contributed by atoms with Crippen molar-refractivity contribution in [3.05, 3.63) is 0 Å². The van der Waals surface area contributed by atoms with Gasteiger partial charge in [0.15, 0.2) is 0 Å². The van der Waals surface area contributed by atoms with Crippen LogP contribution in [-0.2, 0) is 4.74 Å². The van der Waals surface area contributed by atoms with Gasteiger partial charge < -0.3 is 4.74 Å². The monoisotopic (exact) mass is 144 g/mol. The van der Waals surface area contributed by atoms with Gasteiger partial charge in [-0.3, -0.25) is 0 Å². The molecule has 0 fully saturated rings. The Labute approximate surface area is 64.8 Å². The number of hydrogen-bond donors (Lipinski definition) is 0. The molecular formula is C9H20O. The molecule has 0 aliphatic carbocycles. The predicted octanol–water partition coefficient (Wildman–Crippen LogP) is 2.99. The molecule has 0 radical (unpaired) electrons. The maximum Gasteiger partial charge on any atom is 0.0550 e. The Morgan fingerprint density at radius 3 is 2.20 bits per heavy atom. The fourth-order valence-electron chi connectivity index (χ4n) is 1.02. The molecule has 0 spiro atoms. The molecule has 0 saturated heterocycles. The summed E-state index contributed by atoms with van der Waals surface area (Å²) in [5, 5.41) is 0. The minimum Gasteiger partial charge on any atom is -0.376 e. The molecular weight excluding hydrogens is 124 g/mol. The van der Waals surface area contributed by atoms with Gasteiger partial charge >= 0.3 is 0 Å². The number of rotatable bonds is 5. The van der Waals surface area contributed by atoms with Crippen molar-refractivity contribution in [3.63, 3.8) is 0 Å². The van der Waals surface area contributed by atoms with Gasteiger partial charge in [0, 0.05) is 0 Å². The van der Waals surface area contributed by atoms with Gasteiger partial charge in [-0.15, -0.1) is 0 Å². The molecule has 0 saturated carbocycles. The second-order valence-corrected chi connectivity index (χ2v) is 3.14. The maximum atomic E-state index is 5.55. The second-order valence-electron chi connectivity index (χ2n) is 3.14. The molecule has 0 N–H and O–H groups in total. The maximum absolute atomic E-state index is 5.55. The first-order valence-corrected chi connectivity index (χ1v) is 4.32. The molecule has 0 bridgehead atoms. The van der Waals surface area contributed by atoms with Crippen LogP contribution in [-0.4, -0.2) is 12.2 Å². The molecule has 0 aromatic carbocycles. The van der Waals surface area contributed by atoms with Crippen LogP contribution in [0.4, 0.5) is 0 Å². The van der Waals surface area contributed by atoms with E-state index in [1.807, 2.05) is 0 Å². The molecule has 0 aromatic heterocycles. The van der Waals surface area contributed by atoms with Crippen molar-refractivity contribution in [3.8, 4) is 0 Å². The molecule has 0 amide bonds. The number of ether oxygens (including phenoxy) is 1. The molecule has 62 valence electrons. The lowest BCUT2D eigenvalue weighted by molar-refractivity contribution is 0.0133. The number of hydrogen-bond acceptors (Lipinski definition) is 1. The first kappa shape index (κ1) is 9.96. The topological polar surface area (TPSA) is 9.23 Å². The van der Waals surface area contributed by atoms with E-state index < -0.39 is 0 Å². The van der Waals surface area contributed by atoms with E-state index in [9.17, 15) is 0 Å². The minimum absolute atomic E-state index is 0.381. The zero-order valence-corrected chi connectivity index (χ0v) is 7.68. The average molecular weight is 144 g/mol. The summed E-state index contributed by atoms with van der Waals surface area (Å²) in [5.41, 5.74) is 0. The highest BCUT2D eigenvalue weighted by atomic mass is 16.5. The molecule has 0 aliphatic rings. The smallest absolute Gasteiger partial charge is 0.0550 e. The molecule has 1 heteroatoms. The van der Waals surface area contributed by atoms with Crippen molar-refractivity contribution in [2.75, 3.05) is 0 Å². The summed E-state index contributed by atoms with van der Waals surface area (Å²) < 4.78 is 5.55. The average Bonchev–Trinajstić information content (AvgIpc) is 1.82. The van der Waals surface area contributed by atoms with Gasteiger partial charge in [0.1, 0.15) is 0 Å². The molecule has 0 aromatic rings. The van der Waals surface area contributed by atoms with E-state index in [1.165, 1.54) is 19.3 Å². The summed E-state index contributed by atoms with van der Waals surface area (Å²) in [6.45, 7) is 8.53. The van der Waals surface area contributed by atoms with Crippen LogP contribution in [0.1, 0.15) is 47.0 Å². The Balaban J connectivity index is 3.16. The van der Waals surface area contributed by atoms with Gasteiger partial charge in [-0.2, -0.15) is 0 Å². The zero-order valence-electron chi connectivity index (χ0n) is 7.68. The van der Waals surface area contributed by atoms with E-state index in [0.717, 1.165) is 0 Å². The first-order chi connectivity index (χ1) is 4.66. The predicted molar refractivity (Wildman–Crippen MR) is 45.2 cm³/mol. The van der Waals surface area contributed by atoms with E-state index >= 15 is 0 Å². The van der Waals surface area contributed by atoms with Crippen LogP contribution in [0.15, 0.2) is 0 Å². The summed E-state index contributed by atoms with van der Waals surface area (Å²) in [5.74, 6) is 0. The second kappa shape index (κ2) is 5.72. The van der Waals surface area contributed by atoms with Gasteiger partial charge in [-0.1, -0.05) is 19.8 Å². The lowest BCUT2D eigenvalue weighted by Gasteiger charge is -2.14. The highest BCUT2D eigenvalue weighted by molar-refractivity contribution is 4.51. The first-order valence-electron chi connectivity index (χ1n) is 4.32. The van der Waals surface area contributed by atoms with E-state index in [-0.39, 0.29) is 0 Å². The van der Waals surface area contributed by atoms with Crippen LogP contribution in [0.5, 0.6) is 0 Å². The number of unbranched alkanes of at least 4 members (excludes halogenated alkanes) is 1. The van der Waals surface area contributed by atoms with Gasteiger partial charge in [0.2, 0.25) is 0 Å². The Kier molecular flexibility index (Phi) is 5.70. The van der Waals surface area contributed by atoms with E-state index in [2.05, 4.69) is 27.7 Å². The van der Waals surface area contributed by atoms with Crippen molar-refractivity contribution in [1.82, 2.24) is 0 Å². The standard InChI is InChI=1S/C9H20O/c1-5-6-7-9(4)10-8(2)3/h8-9H,5-7H2,1-4H3. The third kappa shape index (κ3) is 6.09. The van der Waals surface area contributed by atoms with Gasteiger partial charge in [0.25, 0.3) is 0 Å². The summed E-state index contributed by atoms with van der Waals surface area (Å²) in [7, 11) is 0. The molecule has 0 heterocycles. The van der Waals surface area contributed by atoms with Crippen LogP contribution < -0.4 is 0 Å². The van der Waals surface area contributed by atoms with Gasteiger partial charge in [-0.05, 0) is 27.2 Å². The lowest BCUT2D eigenvalue weighted by atomic mass is 10.2. The van der Waals surface area contributed by atoms with Crippen LogP contribution in [0.2, 0.25) is 0 Å². The van der Waals surface area contributed by atoms with Crippen LogP contribution in [0.25, 0.3) is 0 Å². The SMILES string of the molecule is CCCCC(C)OC(C)C. The third-order valence-electron chi connectivity index (χ3n) is 1.47. The Bertz CT molecular complexity index is 69.1. The van der Waals surface area contributed by atoms with Crippen LogP contribution in [0.3, 0.4) is 0 Å². The molecule has 1 nitrogen and oxygen atoms in total. The lowest BCUT2D eigenvalue weighted by Crippen LogP contribution is -2.13. The van der Waals surface area contributed by atoms with Crippen molar-refractivity contribution < 1.29 is 4.74 Å². The van der Waals surface area contributed by atoms with Gasteiger partial charge in [-0.25, -0.2) is 0 Å². The zero-order chi connectivity index (χ0) is 7.98. The Hall–Kier alpha value is -0.0400. The molecule has 0 rings (SSSR count). The molecule has 0 aliphatic heterocycles. The van der Waals surface area contributed by atoms with Crippen LogP contribution in [0, 0.1) is 0 Å². The van der Waals surface area contributed by atoms with E-state index in [4.69, 9.17) is 4.74 Å².